The monoisotopic (exact) mass is 177 g/mol. The zero-order valence-electron chi connectivity index (χ0n) is 7.92. The Morgan fingerprint density at radius 2 is 2.08 bits per heavy atom. The molecule has 2 rings (SSSR count). The number of ether oxygens (including phenoxy) is 1. The fourth-order valence-corrected chi connectivity index (χ4v) is 1.52. The summed E-state index contributed by atoms with van der Waals surface area (Å²) in [4.78, 5) is 0. The van der Waals surface area contributed by atoms with Crippen LogP contribution < -0.4 is 5.32 Å². The third-order valence-electron chi connectivity index (χ3n) is 2.32. The Kier molecular flexibility index (Phi) is 2.62. The van der Waals surface area contributed by atoms with E-state index in [0.717, 1.165) is 19.6 Å². The molecule has 1 N–H and O–H groups in total. The van der Waals surface area contributed by atoms with Gasteiger partial charge >= 0.3 is 0 Å². The second kappa shape index (κ2) is 3.90. The van der Waals surface area contributed by atoms with Gasteiger partial charge in [-0.25, -0.2) is 0 Å². The predicted octanol–water partition coefficient (Wildman–Crippen LogP) is 2.00. The molecule has 0 aliphatic carbocycles. The lowest BCUT2D eigenvalue weighted by Crippen LogP contribution is -2.31. The van der Waals surface area contributed by atoms with Crippen LogP contribution in [0.2, 0.25) is 0 Å². The molecule has 2 heteroatoms. The molecule has 70 valence electrons. The van der Waals surface area contributed by atoms with E-state index in [1.807, 2.05) is 0 Å². The van der Waals surface area contributed by atoms with E-state index in [-0.39, 0.29) is 6.23 Å². The normalized spacial score (nSPS) is 23.0. The van der Waals surface area contributed by atoms with Gasteiger partial charge in [0.1, 0.15) is 6.23 Å². The van der Waals surface area contributed by atoms with Gasteiger partial charge in [0.15, 0.2) is 0 Å². The van der Waals surface area contributed by atoms with Gasteiger partial charge in [-0.1, -0.05) is 29.8 Å². The average Bonchev–Trinajstić information content (AvgIpc) is 2.20. The molecule has 0 aromatic heterocycles. The largest absolute Gasteiger partial charge is 0.359 e. The SMILES string of the molecule is Cc1ccc(C2NCCCO2)cc1. The average molecular weight is 177 g/mol. The van der Waals surface area contributed by atoms with Crippen molar-refractivity contribution in [2.45, 2.75) is 19.6 Å². The van der Waals surface area contributed by atoms with Crippen molar-refractivity contribution in [1.29, 1.82) is 0 Å². The molecule has 1 fully saturated rings. The van der Waals surface area contributed by atoms with Crippen molar-refractivity contribution in [2.75, 3.05) is 13.2 Å². The molecular weight excluding hydrogens is 162 g/mol. The first-order chi connectivity index (χ1) is 6.36. The summed E-state index contributed by atoms with van der Waals surface area (Å²) < 4.78 is 5.59. The molecule has 1 atom stereocenters. The zero-order chi connectivity index (χ0) is 9.10. The Morgan fingerprint density at radius 1 is 1.31 bits per heavy atom. The van der Waals surface area contributed by atoms with Crippen molar-refractivity contribution in [2.24, 2.45) is 0 Å². The quantitative estimate of drug-likeness (QED) is 0.708. The number of hydrogen-bond donors (Lipinski definition) is 1. The second-order valence-electron chi connectivity index (χ2n) is 3.47. The van der Waals surface area contributed by atoms with E-state index in [0.29, 0.717) is 0 Å². The highest BCUT2D eigenvalue weighted by Crippen LogP contribution is 2.17. The van der Waals surface area contributed by atoms with Crippen LogP contribution >= 0.6 is 0 Å². The molecule has 1 aliphatic rings. The van der Waals surface area contributed by atoms with E-state index in [1.165, 1.54) is 11.1 Å². The topological polar surface area (TPSA) is 21.3 Å². The van der Waals surface area contributed by atoms with E-state index in [1.54, 1.807) is 0 Å². The molecule has 1 aliphatic heterocycles. The molecule has 1 saturated heterocycles. The van der Waals surface area contributed by atoms with Crippen molar-refractivity contribution in [3.63, 3.8) is 0 Å². The summed E-state index contributed by atoms with van der Waals surface area (Å²) in [5, 5.41) is 3.33. The van der Waals surface area contributed by atoms with Gasteiger partial charge in [0.05, 0.1) is 6.61 Å². The molecule has 0 saturated carbocycles. The second-order valence-corrected chi connectivity index (χ2v) is 3.47. The highest BCUT2D eigenvalue weighted by Gasteiger charge is 2.13. The maximum atomic E-state index is 5.59. The van der Waals surface area contributed by atoms with E-state index in [9.17, 15) is 0 Å². The van der Waals surface area contributed by atoms with E-state index < -0.39 is 0 Å². The maximum absolute atomic E-state index is 5.59. The predicted molar refractivity (Wildman–Crippen MR) is 52.5 cm³/mol. The van der Waals surface area contributed by atoms with Crippen molar-refractivity contribution in [1.82, 2.24) is 5.32 Å². The Morgan fingerprint density at radius 3 is 2.69 bits per heavy atom. The molecular formula is C11H15NO. The van der Waals surface area contributed by atoms with Gasteiger partial charge in [0.2, 0.25) is 0 Å². The standard InChI is InChI=1S/C11H15NO/c1-9-3-5-10(6-4-9)11-12-7-2-8-13-11/h3-6,11-12H,2,7-8H2,1H3. The summed E-state index contributed by atoms with van der Waals surface area (Å²) in [5.74, 6) is 0. The van der Waals surface area contributed by atoms with Gasteiger partial charge in [0, 0.05) is 6.54 Å². The van der Waals surface area contributed by atoms with E-state index in [2.05, 4.69) is 36.5 Å². The molecule has 1 unspecified atom stereocenters. The zero-order valence-corrected chi connectivity index (χ0v) is 7.92. The van der Waals surface area contributed by atoms with Crippen LogP contribution in [-0.2, 0) is 4.74 Å². The Balaban J connectivity index is 2.10. The number of hydrogen-bond acceptors (Lipinski definition) is 2. The van der Waals surface area contributed by atoms with Gasteiger partial charge < -0.3 is 4.74 Å². The Labute approximate surface area is 78.9 Å². The molecule has 1 aromatic carbocycles. The summed E-state index contributed by atoms with van der Waals surface area (Å²) in [6.45, 7) is 4.02. The van der Waals surface area contributed by atoms with Crippen LogP contribution in [0.25, 0.3) is 0 Å². The van der Waals surface area contributed by atoms with Crippen molar-refractivity contribution in [3.05, 3.63) is 35.4 Å². The number of rotatable bonds is 1. The molecule has 0 bridgehead atoms. The van der Waals surface area contributed by atoms with Crippen LogP contribution in [-0.4, -0.2) is 13.2 Å². The number of benzene rings is 1. The highest BCUT2D eigenvalue weighted by atomic mass is 16.5. The van der Waals surface area contributed by atoms with Gasteiger partial charge in [0.25, 0.3) is 0 Å². The fraction of sp³-hybridized carbons (Fsp3) is 0.455. The summed E-state index contributed by atoms with van der Waals surface area (Å²) in [7, 11) is 0. The molecule has 0 amide bonds. The first-order valence-corrected chi connectivity index (χ1v) is 4.78. The maximum Gasteiger partial charge on any atom is 0.134 e. The number of nitrogens with one attached hydrogen (secondary N) is 1. The molecule has 0 radical (unpaired) electrons. The summed E-state index contributed by atoms with van der Waals surface area (Å²) in [5.41, 5.74) is 2.52. The Bertz CT molecular complexity index is 262. The minimum atomic E-state index is 0.106. The van der Waals surface area contributed by atoms with E-state index >= 15 is 0 Å². The molecule has 13 heavy (non-hydrogen) atoms. The first-order valence-electron chi connectivity index (χ1n) is 4.78. The molecule has 0 spiro atoms. The van der Waals surface area contributed by atoms with Gasteiger partial charge in [-0.3, -0.25) is 5.32 Å². The third kappa shape index (κ3) is 2.08. The minimum absolute atomic E-state index is 0.106. The first kappa shape index (κ1) is 8.73. The van der Waals surface area contributed by atoms with Crippen LogP contribution in [0, 0.1) is 6.92 Å². The van der Waals surface area contributed by atoms with Crippen molar-refractivity contribution in [3.8, 4) is 0 Å². The third-order valence-corrected chi connectivity index (χ3v) is 2.32. The van der Waals surface area contributed by atoms with Crippen LogP contribution in [0.3, 0.4) is 0 Å². The van der Waals surface area contributed by atoms with Gasteiger partial charge in [-0.15, -0.1) is 0 Å². The van der Waals surface area contributed by atoms with Crippen LogP contribution in [0.4, 0.5) is 0 Å². The molecule has 1 heterocycles. The number of aryl methyl sites for hydroxylation is 1. The summed E-state index contributed by atoms with van der Waals surface area (Å²) >= 11 is 0. The van der Waals surface area contributed by atoms with Crippen LogP contribution in [0.15, 0.2) is 24.3 Å². The fourth-order valence-electron chi connectivity index (χ4n) is 1.52. The highest BCUT2D eigenvalue weighted by molar-refractivity contribution is 5.23. The lowest BCUT2D eigenvalue weighted by molar-refractivity contribution is -0.000316. The minimum Gasteiger partial charge on any atom is -0.359 e. The van der Waals surface area contributed by atoms with Crippen molar-refractivity contribution >= 4 is 0 Å². The van der Waals surface area contributed by atoms with Gasteiger partial charge in [-0.2, -0.15) is 0 Å². The van der Waals surface area contributed by atoms with Gasteiger partial charge in [-0.05, 0) is 18.9 Å². The smallest absolute Gasteiger partial charge is 0.134 e. The van der Waals surface area contributed by atoms with Crippen molar-refractivity contribution < 1.29 is 4.74 Å². The lowest BCUT2D eigenvalue weighted by atomic mass is 10.1. The Hall–Kier alpha value is -0.860. The van der Waals surface area contributed by atoms with Crippen LogP contribution in [0.5, 0.6) is 0 Å². The molecule has 2 nitrogen and oxygen atoms in total. The van der Waals surface area contributed by atoms with E-state index in [4.69, 9.17) is 4.74 Å². The molecule has 1 aromatic rings. The summed E-state index contributed by atoms with van der Waals surface area (Å²) in [6, 6.07) is 8.49. The van der Waals surface area contributed by atoms with Crippen LogP contribution in [0.1, 0.15) is 23.8 Å². The summed E-state index contributed by atoms with van der Waals surface area (Å²) in [6.07, 6.45) is 1.22. The lowest BCUT2D eigenvalue weighted by Gasteiger charge is -2.24.